The van der Waals surface area contributed by atoms with Crippen molar-refractivity contribution in [3.05, 3.63) is 0 Å². The van der Waals surface area contributed by atoms with E-state index in [1.54, 1.807) is 0 Å². The maximum absolute atomic E-state index is 6.41. The fourth-order valence-corrected chi connectivity index (χ4v) is 4.40. The van der Waals surface area contributed by atoms with Crippen molar-refractivity contribution in [1.82, 2.24) is 0 Å². The van der Waals surface area contributed by atoms with Crippen molar-refractivity contribution in [3.63, 3.8) is 0 Å². The predicted octanol–water partition coefficient (Wildman–Crippen LogP) is 4.28. The molecule has 3 fully saturated rings. The average molecular weight is 252 g/mol. The Morgan fingerprint density at radius 1 is 0.778 bits per heavy atom. The summed E-state index contributed by atoms with van der Waals surface area (Å²) in [5.74, 6) is 1.14. The maximum atomic E-state index is 6.41. The summed E-state index contributed by atoms with van der Waals surface area (Å²) in [6.07, 6.45) is 13.9. The Balaban J connectivity index is 1.78. The van der Waals surface area contributed by atoms with Gasteiger partial charge in [-0.1, -0.05) is 38.5 Å². The normalized spacial score (nSPS) is 34.8. The van der Waals surface area contributed by atoms with Gasteiger partial charge in [0.15, 0.2) is 5.79 Å². The summed E-state index contributed by atoms with van der Waals surface area (Å²) in [5, 5.41) is 0. The summed E-state index contributed by atoms with van der Waals surface area (Å²) in [6.45, 7) is 2.99. The zero-order chi connectivity index (χ0) is 12.4. The van der Waals surface area contributed by atoms with Crippen LogP contribution < -0.4 is 0 Å². The third kappa shape index (κ3) is 2.34. The second kappa shape index (κ2) is 5.50. The quantitative estimate of drug-likeness (QED) is 0.730. The Labute approximate surface area is 111 Å². The SMILES string of the molecule is CC1COC(C2CCCCC2)(C2CCCCC2)O1. The number of hydrogen-bond donors (Lipinski definition) is 0. The van der Waals surface area contributed by atoms with Crippen LogP contribution in [-0.4, -0.2) is 18.5 Å². The minimum Gasteiger partial charge on any atom is -0.347 e. The summed E-state index contributed by atoms with van der Waals surface area (Å²) in [6, 6.07) is 0. The second-order valence-electron chi connectivity index (χ2n) is 6.63. The largest absolute Gasteiger partial charge is 0.347 e. The molecule has 1 unspecified atom stereocenters. The van der Waals surface area contributed by atoms with Crippen LogP contribution in [0, 0.1) is 11.8 Å². The van der Waals surface area contributed by atoms with Crippen LogP contribution in [0.15, 0.2) is 0 Å². The summed E-state index contributed by atoms with van der Waals surface area (Å²) in [5.41, 5.74) is 0. The average Bonchev–Trinajstić information content (AvgIpc) is 2.84. The molecule has 3 rings (SSSR count). The van der Waals surface area contributed by atoms with Gasteiger partial charge in [0.1, 0.15) is 0 Å². The van der Waals surface area contributed by atoms with Gasteiger partial charge in [-0.2, -0.15) is 0 Å². The molecular formula is C16H28O2. The summed E-state index contributed by atoms with van der Waals surface area (Å²) in [7, 11) is 0. The molecule has 0 spiro atoms. The van der Waals surface area contributed by atoms with Crippen LogP contribution in [0.25, 0.3) is 0 Å². The highest BCUT2D eigenvalue weighted by atomic mass is 16.7. The van der Waals surface area contributed by atoms with E-state index in [4.69, 9.17) is 9.47 Å². The van der Waals surface area contributed by atoms with E-state index in [0.29, 0.717) is 17.9 Å². The molecule has 2 heteroatoms. The molecule has 3 aliphatic rings. The number of rotatable bonds is 2. The fourth-order valence-electron chi connectivity index (χ4n) is 4.40. The molecule has 0 aromatic rings. The minimum absolute atomic E-state index is 0.194. The summed E-state index contributed by atoms with van der Waals surface area (Å²) >= 11 is 0. The number of ether oxygens (including phenoxy) is 2. The molecular weight excluding hydrogens is 224 g/mol. The lowest BCUT2D eigenvalue weighted by Crippen LogP contribution is -2.48. The third-order valence-electron chi connectivity index (χ3n) is 5.28. The topological polar surface area (TPSA) is 18.5 Å². The lowest BCUT2D eigenvalue weighted by molar-refractivity contribution is -0.249. The van der Waals surface area contributed by atoms with Gasteiger partial charge < -0.3 is 9.47 Å². The monoisotopic (exact) mass is 252 g/mol. The van der Waals surface area contributed by atoms with Gasteiger partial charge in [-0.05, 0) is 32.6 Å². The second-order valence-corrected chi connectivity index (χ2v) is 6.63. The Morgan fingerprint density at radius 3 is 1.67 bits per heavy atom. The fraction of sp³-hybridized carbons (Fsp3) is 1.00. The molecule has 2 nitrogen and oxygen atoms in total. The highest BCUT2D eigenvalue weighted by Crippen LogP contribution is 2.48. The van der Waals surface area contributed by atoms with Gasteiger partial charge in [-0.15, -0.1) is 0 Å². The minimum atomic E-state index is -0.194. The lowest BCUT2D eigenvalue weighted by atomic mass is 9.72. The first-order valence-corrected chi connectivity index (χ1v) is 8.13. The van der Waals surface area contributed by atoms with E-state index in [-0.39, 0.29) is 5.79 Å². The van der Waals surface area contributed by atoms with Crippen molar-refractivity contribution in [1.29, 1.82) is 0 Å². The van der Waals surface area contributed by atoms with Crippen molar-refractivity contribution in [2.24, 2.45) is 11.8 Å². The van der Waals surface area contributed by atoms with E-state index < -0.39 is 0 Å². The zero-order valence-corrected chi connectivity index (χ0v) is 11.8. The Hall–Kier alpha value is -0.0800. The third-order valence-corrected chi connectivity index (χ3v) is 5.28. The van der Waals surface area contributed by atoms with Crippen molar-refractivity contribution in [2.75, 3.05) is 6.61 Å². The zero-order valence-electron chi connectivity index (χ0n) is 11.8. The van der Waals surface area contributed by atoms with E-state index in [2.05, 4.69) is 6.92 Å². The summed E-state index contributed by atoms with van der Waals surface area (Å²) in [4.78, 5) is 0. The van der Waals surface area contributed by atoms with Gasteiger partial charge in [0, 0.05) is 11.8 Å². The van der Waals surface area contributed by atoms with Gasteiger partial charge in [0.05, 0.1) is 12.7 Å². The van der Waals surface area contributed by atoms with Crippen LogP contribution in [0.2, 0.25) is 0 Å². The first kappa shape index (κ1) is 12.9. The van der Waals surface area contributed by atoms with E-state index in [1.807, 2.05) is 0 Å². The van der Waals surface area contributed by atoms with Crippen molar-refractivity contribution in [3.8, 4) is 0 Å². The molecule has 0 bridgehead atoms. The Kier molecular flexibility index (Phi) is 3.95. The van der Waals surface area contributed by atoms with E-state index in [9.17, 15) is 0 Å². The van der Waals surface area contributed by atoms with Gasteiger partial charge in [0.25, 0.3) is 0 Å². The van der Waals surface area contributed by atoms with Crippen molar-refractivity contribution < 1.29 is 9.47 Å². The molecule has 0 aromatic heterocycles. The molecule has 0 radical (unpaired) electrons. The Morgan fingerprint density at radius 2 is 1.28 bits per heavy atom. The van der Waals surface area contributed by atoms with Crippen LogP contribution >= 0.6 is 0 Å². The molecule has 2 saturated carbocycles. The maximum Gasteiger partial charge on any atom is 0.174 e. The molecule has 2 aliphatic carbocycles. The van der Waals surface area contributed by atoms with E-state index in [1.165, 1.54) is 64.2 Å². The van der Waals surface area contributed by atoms with E-state index in [0.717, 1.165) is 6.61 Å². The van der Waals surface area contributed by atoms with Gasteiger partial charge in [0.2, 0.25) is 0 Å². The molecule has 0 amide bonds. The van der Waals surface area contributed by atoms with Gasteiger partial charge in [-0.3, -0.25) is 0 Å². The van der Waals surface area contributed by atoms with Crippen LogP contribution in [0.5, 0.6) is 0 Å². The van der Waals surface area contributed by atoms with Gasteiger partial charge >= 0.3 is 0 Å². The molecule has 1 aliphatic heterocycles. The smallest absolute Gasteiger partial charge is 0.174 e. The predicted molar refractivity (Wildman–Crippen MR) is 72.4 cm³/mol. The lowest BCUT2D eigenvalue weighted by Gasteiger charge is -2.45. The molecule has 0 N–H and O–H groups in total. The number of hydrogen-bond acceptors (Lipinski definition) is 2. The molecule has 1 heterocycles. The molecule has 1 saturated heterocycles. The van der Waals surface area contributed by atoms with Crippen molar-refractivity contribution >= 4 is 0 Å². The first-order chi connectivity index (χ1) is 8.81. The summed E-state index contributed by atoms with van der Waals surface area (Å²) < 4.78 is 12.7. The van der Waals surface area contributed by atoms with Crippen LogP contribution in [-0.2, 0) is 9.47 Å². The highest BCUT2D eigenvalue weighted by molar-refractivity contribution is 4.93. The standard InChI is InChI=1S/C16H28O2/c1-13-12-17-16(18-13,14-8-4-2-5-9-14)15-10-6-3-7-11-15/h13-15H,2-12H2,1H3. The molecule has 1 atom stereocenters. The molecule has 104 valence electrons. The van der Waals surface area contributed by atoms with Crippen molar-refractivity contribution in [2.45, 2.75) is 83.0 Å². The molecule has 0 aromatic carbocycles. The van der Waals surface area contributed by atoms with Crippen LogP contribution in [0.3, 0.4) is 0 Å². The van der Waals surface area contributed by atoms with Gasteiger partial charge in [-0.25, -0.2) is 0 Å². The molecule has 18 heavy (non-hydrogen) atoms. The highest BCUT2D eigenvalue weighted by Gasteiger charge is 2.52. The first-order valence-electron chi connectivity index (χ1n) is 8.13. The van der Waals surface area contributed by atoms with Crippen LogP contribution in [0.4, 0.5) is 0 Å². The Bertz CT molecular complexity index is 246. The van der Waals surface area contributed by atoms with E-state index >= 15 is 0 Å². The van der Waals surface area contributed by atoms with Crippen LogP contribution in [0.1, 0.15) is 71.1 Å².